The third kappa shape index (κ3) is 3.12. The average molecular weight is 419 g/mol. The van der Waals surface area contributed by atoms with Gasteiger partial charge >= 0.3 is 11.9 Å². The Morgan fingerprint density at radius 3 is 1.87 bits per heavy atom. The largest absolute Gasteiger partial charge is 0.465 e. The Labute approximate surface area is 178 Å². The Kier molecular flexibility index (Phi) is 4.61. The number of anilines is 1. The number of benzene rings is 2. The van der Waals surface area contributed by atoms with Gasteiger partial charge in [-0.05, 0) is 79.6 Å². The van der Waals surface area contributed by atoms with E-state index >= 15 is 0 Å². The molecule has 2 saturated carbocycles. The minimum Gasteiger partial charge on any atom is -0.465 e. The maximum atomic E-state index is 12.9. The normalized spacial score (nSPS) is 26.2. The molecule has 3 aliphatic rings. The fourth-order valence-electron chi connectivity index (χ4n) is 5.35. The first-order valence-corrected chi connectivity index (χ1v) is 10.4. The number of hydrogen-bond donors (Lipinski definition) is 0. The van der Waals surface area contributed by atoms with Crippen LogP contribution in [0.5, 0.6) is 5.75 Å². The number of carbonyl (C=O) groups excluding carboxylic acids is 4. The number of amides is 2. The SMILES string of the molecule is COC(=O)c1ccc(OC(=O)c2ccc(N3C(=O)[C@H]4[C@H]5CC[C@@H](C5)[C@@H]4C3=O)cc2)cc1. The quantitative estimate of drug-likeness (QED) is 0.429. The summed E-state index contributed by atoms with van der Waals surface area (Å²) in [6, 6.07) is 12.3. The Morgan fingerprint density at radius 2 is 1.32 bits per heavy atom. The van der Waals surface area contributed by atoms with Gasteiger partial charge in [0.1, 0.15) is 5.75 Å². The van der Waals surface area contributed by atoms with Crippen LogP contribution in [0.15, 0.2) is 48.5 Å². The van der Waals surface area contributed by atoms with E-state index in [9.17, 15) is 19.2 Å². The molecule has 2 aliphatic carbocycles. The molecule has 7 nitrogen and oxygen atoms in total. The molecule has 4 atom stereocenters. The van der Waals surface area contributed by atoms with Gasteiger partial charge in [0.05, 0.1) is 35.8 Å². The van der Waals surface area contributed by atoms with Gasteiger partial charge in [-0.2, -0.15) is 0 Å². The molecular formula is C24H21NO6. The zero-order valence-corrected chi connectivity index (χ0v) is 16.9. The summed E-state index contributed by atoms with van der Waals surface area (Å²) >= 11 is 0. The van der Waals surface area contributed by atoms with Crippen molar-refractivity contribution < 1.29 is 28.7 Å². The van der Waals surface area contributed by atoms with Crippen LogP contribution in [0.2, 0.25) is 0 Å². The van der Waals surface area contributed by atoms with Crippen molar-refractivity contribution in [2.45, 2.75) is 19.3 Å². The first kappa shape index (κ1) is 19.5. The second kappa shape index (κ2) is 7.34. The highest BCUT2D eigenvalue weighted by atomic mass is 16.5. The third-order valence-corrected chi connectivity index (χ3v) is 6.77. The molecule has 2 aromatic carbocycles. The van der Waals surface area contributed by atoms with Crippen LogP contribution in [0.1, 0.15) is 40.0 Å². The average Bonchev–Trinajstić information content (AvgIpc) is 3.47. The van der Waals surface area contributed by atoms with Crippen LogP contribution < -0.4 is 9.64 Å². The van der Waals surface area contributed by atoms with Crippen LogP contribution in [0.4, 0.5) is 5.69 Å². The topological polar surface area (TPSA) is 90.0 Å². The van der Waals surface area contributed by atoms with Crippen LogP contribution in [-0.4, -0.2) is 30.9 Å². The van der Waals surface area contributed by atoms with Crippen molar-refractivity contribution in [3.63, 3.8) is 0 Å². The molecule has 2 amide bonds. The molecule has 1 saturated heterocycles. The summed E-state index contributed by atoms with van der Waals surface area (Å²) in [6.45, 7) is 0. The van der Waals surface area contributed by atoms with Crippen molar-refractivity contribution in [2.75, 3.05) is 12.0 Å². The van der Waals surface area contributed by atoms with Crippen LogP contribution in [0.3, 0.4) is 0 Å². The zero-order valence-electron chi connectivity index (χ0n) is 16.9. The fourth-order valence-corrected chi connectivity index (χ4v) is 5.35. The molecule has 158 valence electrons. The van der Waals surface area contributed by atoms with E-state index in [0.717, 1.165) is 19.3 Å². The summed E-state index contributed by atoms with van der Waals surface area (Å²) in [7, 11) is 1.29. The van der Waals surface area contributed by atoms with E-state index in [-0.39, 0.29) is 29.4 Å². The van der Waals surface area contributed by atoms with E-state index in [1.165, 1.54) is 36.3 Å². The van der Waals surface area contributed by atoms with Gasteiger partial charge in [-0.15, -0.1) is 0 Å². The van der Waals surface area contributed by atoms with Gasteiger partial charge in [0.15, 0.2) is 0 Å². The van der Waals surface area contributed by atoms with E-state index in [1.807, 2.05) is 0 Å². The van der Waals surface area contributed by atoms with E-state index in [1.54, 1.807) is 24.3 Å². The predicted molar refractivity (Wildman–Crippen MR) is 109 cm³/mol. The number of nitrogens with zero attached hydrogens (tertiary/aromatic N) is 1. The molecule has 0 N–H and O–H groups in total. The first-order chi connectivity index (χ1) is 15.0. The van der Waals surface area contributed by atoms with Crippen molar-refractivity contribution in [3.8, 4) is 5.75 Å². The van der Waals surface area contributed by atoms with E-state index in [0.29, 0.717) is 28.7 Å². The molecule has 0 unspecified atom stereocenters. The highest BCUT2D eigenvalue weighted by molar-refractivity contribution is 6.22. The lowest BCUT2D eigenvalue weighted by Crippen LogP contribution is -2.32. The second-order valence-corrected chi connectivity index (χ2v) is 8.35. The van der Waals surface area contributed by atoms with Gasteiger partial charge < -0.3 is 9.47 Å². The van der Waals surface area contributed by atoms with Gasteiger partial charge in [-0.1, -0.05) is 0 Å². The van der Waals surface area contributed by atoms with Crippen molar-refractivity contribution in [1.82, 2.24) is 0 Å². The molecule has 1 heterocycles. The maximum absolute atomic E-state index is 12.9. The molecule has 1 aliphatic heterocycles. The number of methoxy groups -OCH3 is 1. The van der Waals surface area contributed by atoms with Crippen LogP contribution >= 0.6 is 0 Å². The van der Waals surface area contributed by atoms with Gasteiger partial charge in [-0.3, -0.25) is 14.5 Å². The van der Waals surface area contributed by atoms with Gasteiger partial charge in [-0.25, -0.2) is 9.59 Å². The summed E-state index contributed by atoms with van der Waals surface area (Å²) in [5.74, 6) is -0.676. The maximum Gasteiger partial charge on any atom is 0.343 e. The molecule has 2 aromatic rings. The third-order valence-electron chi connectivity index (χ3n) is 6.77. The number of imide groups is 1. The highest BCUT2D eigenvalue weighted by Crippen LogP contribution is 2.56. The van der Waals surface area contributed by atoms with Crippen LogP contribution in [0, 0.1) is 23.7 Å². The first-order valence-electron chi connectivity index (χ1n) is 10.4. The summed E-state index contributed by atoms with van der Waals surface area (Å²) in [6.07, 6.45) is 3.06. The lowest BCUT2D eigenvalue weighted by atomic mass is 9.81. The minimum absolute atomic E-state index is 0.108. The smallest absolute Gasteiger partial charge is 0.343 e. The zero-order chi connectivity index (χ0) is 21.7. The molecule has 3 fully saturated rings. The molecular weight excluding hydrogens is 398 g/mol. The van der Waals surface area contributed by atoms with Crippen molar-refractivity contribution >= 4 is 29.4 Å². The van der Waals surface area contributed by atoms with E-state index < -0.39 is 11.9 Å². The number of esters is 2. The molecule has 2 bridgehead atoms. The Hall–Kier alpha value is -3.48. The Morgan fingerprint density at radius 1 is 0.806 bits per heavy atom. The van der Waals surface area contributed by atoms with Gasteiger partial charge in [0.25, 0.3) is 0 Å². The van der Waals surface area contributed by atoms with Crippen molar-refractivity contribution in [1.29, 1.82) is 0 Å². The van der Waals surface area contributed by atoms with Crippen LogP contribution in [0.25, 0.3) is 0 Å². The number of ether oxygens (including phenoxy) is 2. The summed E-state index contributed by atoms with van der Waals surface area (Å²) < 4.78 is 9.97. The lowest BCUT2D eigenvalue weighted by molar-refractivity contribution is -0.123. The fraction of sp³-hybridized carbons (Fsp3) is 0.333. The van der Waals surface area contributed by atoms with Crippen molar-refractivity contribution in [2.24, 2.45) is 23.7 Å². The molecule has 0 radical (unpaired) electrons. The Balaban J connectivity index is 1.29. The molecule has 7 heteroatoms. The summed E-state index contributed by atoms with van der Waals surface area (Å²) in [5, 5.41) is 0. The number of fused-ring (bicyclic) bond motifs is 5. The molecule has 0 spiro atoms. The highest BCUT2D eigenvalue weighted by Gasteiger charge is 2.61. The monoisotopic (exact) mass is 419 g/mol. The van der Waals surface area contributed by atoms with E-state index in [2.05, 4.69) is 4.74 Å². The number of hydrogen-bond acceptors (Lipinski definition) is 6. The van der Waals surface area contributed by atoms with Crippen molar-refractivity contribution in [3.05, 3.63) is 59.7 Å². The minimum atomic E-state index is -0.577. The summed E-state index contributed by atoms with van der Waals surface area (Å²) in [5.41, 5.74) is 1.13. The molecule has 31 heavy (non-hydrogen) atoms. The molecule has 0 aromatic heterocycles. The van der Waals surface area contributed by atoms with Gasteiger partial charge in [0.2, 0.25) is 11.8 Å². The Bertz CT molecular complexity index is 1050. The number of rotatable bonds is 4. The van der Waals surface area contributed by atoms with Crippen LogP contribution in [-0.2, 0) is 14.3 Å². The van der Waals surface area contributed by atoms with Gasteiger partial charge in [0, 0.05) is 0 Å². The lowest BCUT2D eigenvalue weighted by Gasteiger charge is -2.19. The van der Waals surface area contributed by atoms with E-state index in [4.69, 9.17) is 4.74 Å². The standard InChI is InChI=1S/C24H21NO6/c1-30-23(28)13-6-10-18(11-7-13)31-24(29)14-4-8-17(9-5-14)25-21(26)19-15-2-3-16(12-15)20(19)22(25)27/h4-11,15-16,19-20H,2-3,12H2,1H3/t15-,16-,19-,20-/m0/s1. The summed E-state index contributed by atoms with van der Waals surface area (Å²) in [4.78, 5) is 51.1. The predicted octanol–water partition coefficient (Wildman–Crippen LogP) is 3.23. The second-order valence-electron chi connectivity index (χ2n) is 8.35. The molecule has 5 rings (SSSR count). The number of carbonyl (C=O) groups is 4.